The number of nitrogens with zero attached hydrogens (tertiary/aromatic N) is 3. The van der Waals surface area contributed by atoms with E-state index >= 15 is 0 Å². The van der Waals surface area contributed by atoms with Crippen LogP contribution in [-0.2, 0) is 4.79 Å². The average Bonchev–Trinajstić information content (AvgIpc) is 3.35. The van der Waals surface area contributed by atoms with Crippen molar-refractivity contribution in [3.63, 3.8) is 0 Å². The highest BCUT2D eigenvalue weighted by atomic mass is 35.5. The molecule has 3 aromatic rings. The van der Waals surface area contributed by atoms with Gasteiger partial charge >= 0.3 is 0 Å². The number of hydrogen-bond acceptors (Lipinski definition) is 6. The van der Waals surface area contributed by atoms with E-state index in [1.54, 1.807) is 48.4 Å². The number of carbonyl (C=O) groups is 2. The summed E-state index contributed by atoms with van der Waals surface area (Å²) in [6.07, 6.45) is 0.351. The molecule has 0 saturated carbocycles. The number of methoxy groups -OCH3 is 1. The summed E-state index contributed by atoms with van der Waals surface area (Å²) in [5.41, 5.74) is 1.30. The summed E-state index contributed by atoms with van der Waals surface area (Å²) in [7, 11) is 1.57. The van der Waals surface area contributed by atoms with E-state index in [9.17, 15) is 9.59 Å². The van der Waals surface area contributed by atoms with Crippen LogP contribution >= 0.6 is 22.9 Å². The third-order valence-electron chi connectivity index (χ3n) is 4.63. The molecule has 1 atom stereocenters. The Morgan fingerprint density at radius 3 is 2.59 bits per heavy atom. The Hall–Kier alpha value is -2.97. The van der Waals surface area contributed by atoms with E-state index in [-0.39, 0.29) is 17.7 Å². The first-order chi connectivity index (χ1) is 14.0. The Kier molecular flexibility index (Phi) is 5.46. The first-order valence-corrected chi connectivity index (χ1v) is 10.1. The zero-order valence-electron chi connectivity index (χ0n) is 15.5. The van der Waals surface area contributed by atoms with Gasteiger partial charge < -0.3 is 9.64 Å². The quantitative estimate of drug-likeness (QED) is 0.664. The maximum absolute atomic E-state index is 12.4. The molecule has 2 heterocycles. The fourth-order valence-corrected chi connectivity index (χ4v) is 4.06. The average molecular weight is 429 g/mol. The van der Waals surface area contributed by atoms with Crippen LogP contribution in [0.5, 0.6) is 5.75 Å². The first-order valence-electron chi connectivity index (χ1n) is 8.88. The number of ether oxygens (including phenoxy) is 1. The van der Waals surface area contributed by atoms with Crippen molar-refractivity contribution in [1.29, 1.82) is 0 Å². The van der Waals surface area contributed by atoms with Crippen molar-refractivity contribution in [2.45, 2.75) is 12.3 Å². The minimum absolute atomic E-state index is 0.0244. The molecule has 1 aliphatic rings. The smallest absolute Gasteiger partial charge is 0.257 e. The van der Waals surface area contributed by atoms with Gasteiger partial charge in [0, 0.05) is 35.2 Å². The Labute approximate surface area is 176 Å². The molecule has 1 aliphatic heterocycles. The highest BCUT2D eigenvalue weighted by molar-refractivity contribution is 7.15. The Balaban J connectivity index is 1.42. The van der Waals surface area contributed by atoms with Crippen molar-refractivity contribution < 1.29 is 14.3 Å². The maximum Gasteiger partial charge on any atom is 0.257 e. The Morgan fingerprint density at radius 1 is 1.17 bits per heavy atom. The third kappa shape index (κ3) is 4.23. The molecule has 4 rings (SSSR count). The number of aromatic nitrogens is 2. The van der Waals surface area contributed by atoms with Crippen LogP contribution in [0, 0.1) is 0 Å². The molecule has 0 aliphatic carbocycles. The second-order valence-corrected chi connectivity index (χ2v) is 7.96. The number of hydrogen-bond donors (Lipinski definition) is 1. The fourth-order valence-electron chi connectivity index (χ4n) is 3.11. The molecule has 29 heavy (non-hydrogen) atoms. The van der Waals surface area contributed by atoms with E-state index in [2.05, 4.69) is 15.5 Å². The number of carbonyl (C=O) groups excluding carboxylic acids is 2. The number of halogens is 1. The molecule has 1 saturated heterocycles. The number of anilines is 2. The minimum atomic E-state index is -0.277. The lowest BCUT2D eigenvalue weighted by molar-refractivity contribution is -0.117. The van der Waals surface area contributed by atoms with E-state index in [4.69, 9.17) is 16.3 Å². The molecule has 0 spiro atoms. The van der Waals surface area contributed by atoms with Gasteiger partial charge in [0.1, 0.15) is 10.8 Å². The Morgan fingerprint density at radius 2 is 1.90 bits per heavy atom. The third-order valence-corrected chi connectivity index (χ3v) is 5.88. The van der Waals surface area contributed by atoms with Crippen molar-refractivity contribution in [2.24, 2.45) is 0 Å². The lowest BCUT2D eigenvalue weighted by Crippen LogP contribution is -2.24. The van der Waals surface area contributed by atoms with Gasteiger partial charge in [0.25, 0.3) is 5.91 Å². The second kappa shape index (κ2) is 8.18. The molecule has 2 amide bonds. The van der Waals surface area contributed by atoms with Crippen LogP contribution in [0.25, 0.3) is 0 Å². The van der Waals surface area contributed by atoms with Crippen molar-refractivity contribution >= 4 is 45.6 Å². The normalized spacial score (nSPS) is 16.1. The summed E-state index contributed by atoms with van der Waals surface area (Å²) in [6, 6.07) is 14.0. The van der Waals surface area contributed by atoms with E-state index in [1.165, 1.54) is 11.3 Å². The highest BCUT2D eigenvalue weighted by Crippen LogP contribution is 2.34. The van der Waals surface area contributed by atoms with Crippen LogP contribution in [0.1, 0.15) is 27.7 Å². The zero-order valence-corrected chi connectivity index (χ0v) is 17.0. The van der Waals surface area contributed by atoms with Crippen LogP contribution < -0.4 is 15.0 Å². The molecule has 1 fully saturated rings. The van der Waals surface area contributed by atoms with Crippen molar-refractivity contribution in [2.75, 3.05) is 23.9 Å². The molecule has 1 N–H and O–H groups in total. The lowest BCUT2D eigenvalue weighted by atomic mass is 10.1. The van der Waals surface area contributed by atoms with Gasteiger partial charge in [0.05, 0.1) is 7.11 Å². The van der Waals surface area contributed by atoms with Crippen LogP contribution in [0.15, 0.2) is 48.5 Å². The van der Waals surface area contributed by atoms with Gasteiger partial charge in [-0.05, 0) is 48.5 Å². The van der Waals surface area contributed by atoms with Crippen LogP contribution in [-0.4, -0.2) is 35.7 Å². The summed E-state index contributed by atoms with van der Waals surface area (Å²) in [5.74, 6) is 0.357. The fraction of sp³-hybridized carbons (Fsp3) is 0.200. The van der Waals surface area contributed by atoms with Gasteiger partial charge in [-0.25, -0.2) is 0 Å². The van der Waals surface area contributed by atoms with E-state index in [0.717, 1.165) is 10.7 Å². The molecule has 1 aromatic heterocycles. The molecule has 0 bridgehead atoms. The molecule has 7 nitrogen and oxygen atoms in total. The number of nitrogens with one attached hydrogen (secondary N) is 1. The molecular formula is C20H17ClN4O3S. The SMILES string of the molecule is COc1ccc(C(=O)Nc2nnc(C3CC(=O)N(c4ccc(Cl)cc4)C3)s2)cc1. The van der Waals surface area contributed by atoms with Crippen molar-refractivity contribution in [1.82, 2.24) is 10.2 Å². The first kappa shape index (κ1) is 19.4. The number of amides is 2. The Bertz CT molecular complexity index is 1040. The molecule has 1 unspecified atom stereocenters. The van der Waals surface area contributed by atoms with Crippen LogP contribution in [0.3, 0.4) is 0 Å². The highest BCUT2D eigenvalue weighted by Gasteiger charge is 2.34. The predicted octanol–water partition coefficient (Wildman–Crippen LogP) is 3.97. The topological polar surface area (TPSA) is 84.4 Å². The summed E-state index contributed by atoms with van der Waals surface area (Å²) in [5, 5.41) is 12.7. The number of benzene rings is 2. The zero-order chi connectivity index (χ0) is 20.4. The van der Waals surface area contributed by atoms with Crippen LogP contribution in [0.2, 0.25) is 5.02 Å². The lowest BCUT2D eigenvalue weighted by Gasteiger charge is -2.16. The summed E-state index contributed by atoms with van der Waals surface area (Å²) >= 11 is 7.21. The predicted molar refractivity (Wildman–Crippen MR) is 112 cm³/mol. The van der Waals surface area contributed by atoms with Gasteiger partial charge in [0.2, 0.25) is 11.0 Å². The van der Waals surface area contributed by atoms with Gasteiger partial charge in [-0.1, -0.05) is 22.9 Å². The molecule has 9 heteroatoms. The van der Waals surface area contributed by atoms with Crippen molar-refractivity contribution in [3.05, 3.63) is 64.1 Å². The molecule has 148 valence electrons. The molecule has 0 radical (unpaired) electrons. The standard InChI is InChI=1S/C20H17ClN4O3S/c1-28-16-8-2-12(3-9-16)18(27)22-20-24-23-19(29-20)13-10-17(26)25(11-13)15-6-4-14(21)5-7-15/h2-9,13H,10-11H2,1H3,(H,22,24,27). The molecular weight excluding hydrogens is 412 g/mol. The van der Waals surface area contributed by atoms with Crippen molar-refractivity contribution in [3.8, 4) is 5.75 Å². The summed E-state index contributed by atoms with van der Waals surface area (Å²) < 4.78 is 5.09. The van der Waals surface area contributed by atoms with Gasteiger partial charge in [0.15, 0.2) is 0 Å². The van der Waals surface area contributed by atoms with Gasteiger partial charge in [-0.2, -0.15) is 0 Å². The van der Waals surface area contributed by atoms with Gasteiger partial charge in [-0.15, -0.1) is 10.2 Å². The van der Waals surface area contributed by atoms with E-state index in [1.807, 2.05) is 12.1 Å². The van der Waals surface area contributed by atoms with Gasteiger partial charge in [-0.3, -0.25) is 14.9 Å². The summed E-state index contributed by atoms with van der Waals surface area (Å²) in [6.45, 7) is 0.515. The second-order valence-electron chi connectivity index (χ2n) is 6.51. The molecule has 2 aromatic carbocycles. The van der Waals surface area contributed by atoms with Crippen LogP contribution in [0.4, 0.5) is 10.8 Å². The van der Waals surface area contributed by atoms with E-state index in [0.29, 0.717) is 34.4 Å². The number of rotatable bonds is 5. The largest absolute Gasteiger partial charge is 0.497 e. The monoisotopic (exact) mass is 428 g/mol. The summed E-state index contributed by atoms with van der Waals surface area (Å²) in [4.78, 5) is 26.5. The van der Waals surface area contributed by atoms with E-state index < -0.39 is 0 Å². The minimum Gasteiger partial charge on any atom is -0.497 e. The maximum atomic E-state index is 12.4.